The zero-order chi connectivity index (χ0) is 25.3. The van der Waals surface area contributed by atoms with Gasteiger partial charge in [0.15, 0.2) is 0 Å². The molecule has 1 aromatic heterocycles. The molecule has 1 fully saturated rings. The van der Waals surface area contributed by atoms with Gasteiger partial charge >= 0.3 is 0 Å². The Morgan fingerprint density at radius 3 is 2.35 bits per heavy atom. The van der Waals surface area contributed by atoms with Crippen molar-refractivity contribution < 1.29 is 9.47 Å². The van der Waals surface area contributed by atoms with Crippen molar-refractivity contribution in [2.24, 2.45) is 0 Å². The minimum Gasteiger partial charge on any atom is -0.495 e. The molecule has 0 aliphatic carbocycles. The molecule has 1 saturated heterocycles. The van der Waals surface area contributed by atoms with E-state index in [1.54, 1.807) is 11.9 Å². The number of unbranched alkanes of at least 4 members (excludes halogenated alkanes) is 1. The van der Waals surface area contributed by atoms with Crippen LogP contribution < -0.4 is 14.4 Å². The lowest BCUT2D eigenvalue weighted by atomic mass is 10.2. The van der Waals surface area contributed by atoms with Gasteiger partial charge in [0.25, 0.3) is 0 Å². The van der Waals surface area contributed by atoms with Gasteiger partial charge in [0.1, 0.15) is 11.5 Å². The van der Waals surface area contributed by atoms with Gasteiger partial charge in [-0.1, -0.05) is 54.6 Å². The smallest absolute Gasteiger partial charge is 0.204 e. The number of para-hydroxylation sites is 2. The lowest BCUT2D eigenvalue weighted by Gasteiger charge is -2.36. The maximum absolute atomic E-state index is 5.97. The van der Waals surface area contributed by atoms with E-state index in [9.17, 15) is 0 Å². The summed E-state index contributed by atoms with van der Waals surface area (Å²) in [6.45, 7) is 6.62. The summed E-state index contributed by atoms with van der Waals surface area (Å²) in [7, 11) is 1.74. The second-order valence-electron chi connectivity index (χ2n) is 9.21. The van der Waals surface area contributed by atoms with Crippen LogP contribution in [0.1, 0.15) is 18.4 Å². The first-order valence-corrected chi connectivity index (χ1v) is 12.9. The summed E-state index contributed by atoms with van der Waals surface area (Å²) in [6.07, 6.45) is 2.17. The molecule has 2 heterocycles. The van der Waals surface area contributed by atoms with Gasteiger partial charge in [-0.3, -0.25) is 4.90 Å². The van der Waals surface area contributed by atoms with Crippen molar-refractivity contribution in [2.75, 3.05) is 51.3 Å². The Labute approximate surface area is 218 Å². The highest BCUT2D eigenvalue weighted by atomic mass is 16.5. The Hall–Kier alpha value is -3.91. The quantitative estimate of drug-likeness (QED) is 0.284. The summed E-state index contributed by atoms with van der Waals surface area (Å²) in [6, 6.07) is 26.3. The number of nitrogens with zero attached hydrogens (tertiary/aromatic N) is 6. The van der Waals surface area contributed by atoms with Gasteiger partial charge in [0.05, 0.1) is 25.9 Å². The molecule has 0 saturated carbocycles. The second kappa shape index (κ2) is 12.4. The molecule has 0 radical (unpaired) electrons. The van der Waals surface area contributed by atoms with Gasteiger partial charge in [0.2, 0.25) is 5.82 Å². The van der Waals surface area contributed by atoms with Crippen LogP contribution in [0.15, 0.2) is 78.9 Å². The molecule has 0 amide bonds. The van der Waals surface area contributed by atoms with E-state index >= 15 is 0 Å². The third kappa shape index (κ3) is 6.65. The van der Waals surface area contributed by atoms with Gasteiger partial charge in [-0.05, 0) is 54.4 Å². The van der Waals surface area contributed by atoms with Crippen LogP contribution in [0.2, 0.25) is 0 Å². The molecular formula is C29H34N6O2. The lowest BCUT2D eigenvalue weighted by molar-refractivity contribution is 0.238. The highest BCUT2D eigenvalue weighted by Crippen LogP contribution is 2.28. The fourth-order valence-corrected chi connectivity index (χ4v) is 4.60. The Bertz CT molecular complexity index is 1240. The molecule has 1 aliphatic rings. The fraction of sp³-hybridized carbons (Fsp3) is 0.345. The average molecular weight is 499 g/mol. The van der Waals surface area contributed by atoms with E-state index in [1.165, 1.54) is 5.69 Å². The Morgan fingerprint density at radius 2 is 1.57 bits per heavy atom. The van der Waals surface area contributed by atoms with Crippen LogP contribution in [-0.4, -0.2) is 71.5 Å². The first-order chi connectivity index (χ1) is 18.3. The monoisotopic (exact) mass is 498 g/mol. The number of hydrogen-bond acceptors (Lipinski definition) is 7. The van der Waals surface area contributed by atoms with E-state index in [4.69, 9.17) is 9.47 Å². The van der Waals surface area contributed by atoms with Crippen molar-refractivity contribution in [1.82, 2.24) is 25.1 Å². The van der Waals surface area contributed by atoms with Gasteiger partial charge < -0.3 is 14.4 Å². The van der Waals surface area contributed by atoms with Crippen LogP contribution >= 0.6 is 0 Å². The van der Waals surface area contributed by atoms with E-state index in [2.05, 4.69) is 49.5 Å². The number of methoxy groups -OCH3 is 1. The van der Waals surface area contributed by atoms with Crippen molar-refractivity contribution >= 4 is 5.69 Å². The molecule has 0 atom stereocenters. The lowest BCUT2D eigenvalue weighted by Crippen LogP contribution is -2.46. The zero-order valence-electron chi connectivity index (χ0n) is 21.4. The molecule has 4 aromatic rings. The third-order valence-corrected chi connectivity index (χ3v) is 6.67. The minimum atomic E-state index is 0.574. The van der Waals surface area contributed by atoms with E-state index in [0.29, 0.717) is 12.4 Å². The summed E-state index contributed by atoms with van der Waals surface area (Å²) in [5.74, 6) is 2.48. The van der Waals surface area contributed by atoms with Crippen molar-refractivity contribution in [3.8, 4) is 22.9 Å². The summed E-state index contributed by atoms with van der Waals surface area (Å²) in [4.78, 5) is 6.58. The molecule has 37 heavy (non-hydrogen) atoms. The predicted molar refractivity (Wildman–Crippen MR) is 145 cm³/mol. The highest BCUT2D eigenvalue weighted by Gasteiger charge is 2.19. The number of aromatic nitrogens is 4. The maximum Gasteiger partial charge on any atom is 0.204 e. The number of ether oxygens (including phenoxy) is 2. The minimum absolute atomic E-state index is 0.574. The van der Waals surface area contributed by atoms with Crippen molar-refractivity contribution in [2.45, 2.75) is 19.4 Å². The molecule has 3 aromatic carbocycles. The van der Waals surface area contributed by atoms with Gasteiger partial charge in [-0.2, -0.15) is 4.80 Å². The van der Waals surface area contributed by atoms with Crippen LogP contribution in [0.25, 0.3) is 11.4 Å². The maximum atomic E-state index is 5.97. The van der Waals surface area contributed by atoms with Crippen molar-refractivity contribution in [3.63, 3.8) is 0 Å². The molecule has 0 N–H and O–H groups in total. The molecular weight excluding hydrogens is 464 g/mol. The Kier molecular flexibility index (Phi) is 8.28. The first kappa shape index (κ1) is 24.8. The van der Waals surface area contributed by atoms with Crippen LogP contribution in [0.3, 0.4) is 0 Å². The van der Waals surface area contributed by atoms with Crippen LogP contribution in [0.4, 0.5) is 5.69 Å². The van der Waals surface area contributed by atoms with E-state index < -0.39 is 0 Å². The van der Waals surface area contributed by atoms with Crippen molar-refractivity contribution in [3.05, 3.63) is 84.4 Å². The molecule has 8 heteroatoms. The average Bonchev–Trinajstić information content (AvgIpc) is 3.43. The number of anilines is 1. The summed E-state index contributed by atoms with van der Waals surface area (Å²) < 4.78 is 11.5. The highest BCUT2D eigenvalue weighted by molar-refractivity contribution is 5.58. The van der Waals surface area contributed by atoms with Crippen molar-refractivity contribution in [1.29, 1.82) is 0 Å². The molecule has 5 rings (SSSR count). The molecule has 8 nitrogen and oxygen atoms in total. The van der Waals surface area contributed by atoms with E-state index in [1.807, 2.05) is 54.6 Å². The topological polar surface area (TPSA) is 68.5 Å². The van der Waals surface area contributed by atoms with Gasteiger partial charge in [0, 0.05) is 31.7 Å². The predicted octanol–water partition coefficient (Wildman–Crippen LogP) is 4.38. The molecule has 0 spiro atoms. The molecule has 0 bridgehead atoms. The van der Waals surface area contributed by atoms with E-state index in [0.717, 1.165) is 74.8 Å². The normalized spacial score (nSPS) is 14.0. The zero-order valence-corrected chi connectivity index (χ0v) is 21.4. The second-order valence-corrected chi connectivity index (χ2v) is 9.21. The number of benzene rings is 3. The van der Waals surface area contributed by atoms with Gasteiger partial charge in [-0.25, -0.2) is 0 Å². The number of rotatable bonds is 11. The molecule has 192 valence electrons. The summed E-state index contributed by atoms with van der Waals surface area (Å²) in [5.41, 5.74) is 3.27. The SMILES string of the molecule is COc1ccccc1N1CCN(CCCCOc2ccc(Cn3nnc(-c4ccccc4)n3)cc2)CC1. The Balaban J connectivity index is 0.991. The number of piperazine rings is 1. The fourth-order valence-electron chi connectivity index (χ4n) is 4.60. The Morgan fingerprint density at radius 1 is 0.811 bits per heavy atom. The molecule has 0 unspecified atom stereocenters. The summed E-state index contributed by atoms with van der Waals surface area (Å²) >= 11 is 0. The van der Waals surface area contributed by atoms with E-state index in [-0.39, 0.29) is 0 Å². The van der Waals surface area contributed by atoms with Crippen LogP contribution in [0, 0.1) is 0 Å². The first-order valence-electron chi connectivity index (χ1n) is 12.9. The number of hydrogen-bond donors (Lipinski definition) is 0. The summed E-state index contributed by atoms with van der Waals surface area (Å²) in [5, 5.41) is 12.8. The standard InChI is InChI=1S/C29H34N6O2/c1-36-28-12-6-5-11-27(28)34-20-18-33(19-21-34)17-7-8-22-37-26-15-13-24(14-16-26)23-35-31-29(30-32-35)25-9-3-2-4-10-25/h2-6,9-16H,7-8,17-23H2,1H3. The largest absolute Gasteiger partial charge is 0.495 e. The third-order valence-electron chi connectivity index (χ3n) is 6.67. The number of tetrazole rings is 1. The van der Waals surface area contributed by atoms with Gasteiger partial charge in [-0.15, -0.1) is 10.2 Å². The molecule has 1 aliphatic heterocycles. The van der Waals surface area contributed by atoms with Crippen LogP contribution in [0.5, 0.6) is 11.5 Å². The van der Waals surface area contributed by atoms with Crippen LogP contribution in [-0.2, 0) is 6.54 Å².